The topological polar surface area (TPSA) is 94.8 Å². The molecule has 3 N–H and O–H groups in total. The number of rotatable bonds is 2. The van der Waals surface area contributed by atoms with E-state index in [4.69, 9.17) is 14.8 Å². The van der Waals surface area contributed by atoms with Crippen molar-refractivity contribution in [1.82, 2.24) is 0 Å². The maximum atomic E-state index is 10.8. The SMILES string of the molecule is Cc1cccc(S(=O)(=O)O)c1C.OCCO. The number of aliphatic hydroxyl groups is 2. The van der Waals surface area contributed by atoms with Crippen LogP contribution in [0.25, 0.3) is 0 Å². The van der Waals surface area contributed by atoms with Crippen LogP contribution in [-0.4, -0.2) is 36.4 Å². The number of aliphatic hydroxyl groups excluding tert-OH is 2. The van der Waals surface area contributed by atoms with Crippen LogP contribution in [0.1, 0.15) is 11.1 Å². The van der Waals surface area contributed by atoms with E-state index in [2.05, 4.69) is 0 Å². The lowest BCUT2D eigenvalue weighted by Crippen LogP contribution is -2.01. The second-order valence-electron chi connectivity index (χ2n) is 3.12. The Balaban J connectivity index is 0.000000487. The monoisotopic (exact) mass is 248 g/mol. The minimum Gasteiger partial charge on any atom is -0.394 e. The molecule has 1 rings (SSSR count). The first-order valence-electron chi connectivity index (χ1n) is 4.60. The van der Waals surface area contributed by atoms with Gasteiger partial charge in [0.15, 0.2) is 0 Å². The molecule has 0 unspecified atom stereocenters. The number of benzene rings is 1. The molecule has 1 aromatic carbocycles. The third kappa shape index (κ3) is 4.71. The lowest BCUT2D eigenvalue weighted by Gasteiger charge is -2.03. The van der Waals surface area contributed by atoms with E-state index in [0.717, 1.165) is 5.56 Å². The Labute approximate surface area is 95.1 Å². The largest absolute Gasteiger partial charge is 0.394 e. The molecule has 0 fully saturated rings. The molecule has 0 saturated carbocycles. The second kappa shape index (κ2) is 6.59. The van der Waals surface area contributed by atoms with Gasteiger partial charge in [-0.2, -0.15) is 8.42 Å². The average Bonchev–Trinajstić information content (AvgIpc) is 2.21. The van der Waals surface area contributed by atoms with Crippen molar-refractivity contribution in [3.05, 3.63) is 29.3 Å². The molecule has 92 valence electrons. The maximum absolute atomic E-state index is 10.8. The van der Waals surface area contributed by atoms with E-state index in [1.165, 1.54) is 6.07 Å². The Bertz CT molecular complexity index is 423. The number of hydrogen-bond donors (Lipinski definition) is 3. The molecule has 0 aromatic heterocycles. The van der Waals surface area contributed by atoms with Crippen LogP contribution in [0.2, 0.25) is 0 Å². The summed E-state index contributed by atoms with van der Waals surface area (Å²) in [6.07, 6.45) is 0. The Kier molecular flexibility index (Phi) is 6.20. The molecule has 0 atom stereocenters. The van der Waals surface area contributed by atoms with Crippen molar-refractivity contribution in [3.63, 3.8) is 0 Å². The van der Waals surface area contributed by atoms with Gasteiger partial charge in [0.05, 0.1) is 18.1 Å². The summed E-state index contributed by atoms with van der Waals surface area (Å²) in [5.74, 6) is 0. The standard InChI is InChI=1S/C8H10O3S.C2H6O2/c1-6-4-3-5-8(7(6)2)12(9,10)11;3-1-2-4/h3-5H,1-2H3,(H,9,10,11);3-4H,1-2H2. The van der Waals surface area contributed by atoms with E-state index in [-0.39, 0.29) is 18.1 Å². The molecule has 0 aliphatic heterocycles. The normalized spacial score (nSPS) is 10.6. The van der Waals surface area contributed by atoms with Gasteiger partial charge in [0.2, 0.25) is 0 Å². The van der Waals surface area contributed by atoms with Crippen molar-refractivity contribution in [2.24, 2.45) is 0 Å². The summed E-state index contributed by atoms with van der Waals surface area (Å²) >= 11 is 0. The van der Waals surface area contributed by atoms with Gasteiger partial charge in [-0.05, 0) is 31.0 Å². The van der Waals surface area contributed by atoms with E-state index >= 15 is 0 Å². The predicted octanol–water partition coefficient (Wildman–Crippen LogP) is 0.521. The van der Waals surface area contributed by atoms with E-state index in [1.807, 2.05) is 0 Å². The zero-order chi connectivity index (χ0) is 12.8. The molecule has 1 aromatic rings. The smallest absolute Gasteiger partial charge is 0.294 e. The van der Waals surface area contributed by atoms with E-state index < -0.39 is 10.1 Å². The maximum Gasteiger partial charge on any atom is 0.294 e. The molecule has 0 amide bonds. The van der Waals surface area contributed by atoms with Crippen molar-refractivity contribution in [2.75, 3.05) is 13.2 Å². The van der Waals surface area contributed by atoms with Crippen LogP contribution < -0.4 is 0 Å². The highest BCUT2D eigenvalue weighted by Gasteiger charge is 2.12. The van der Waals surface area contributed by atoms with Gasteiger partial charge in [0, 0.05) is 0 Å². The first kappa shape index (κ1) is 15.0. The van der Waals surface area contributed by atoms with Crippen molar-refractivity contribution in [3.8, 4) is 0 Å². The third-order valence-electron chi connectivity index (χ3n) is 1.93. The van der Waals surface area contributed by atoms with Crippen molar-refractivity contribution >= 4 is 10.1 Å². The van der Waals surface area contributed by atoms with Crippen molar-refractivity contribution < 1.29 is 23.2 Å². The van der Waals surface area contributed by atoms with Gasteiger partial charge in [0.1, 0.15) is 0 Å². The van der Waals surface area contributed by atoms with Gasteiger partial charge in [-0.3, -0.25) is 4.55 Å². The summed E-state index contributed by atoms with van der Waals surface area (Å²) in [5.41, 5.74) is 1.45. The highest BCUT2D eigenvalue weighted by molar-refractivity contribution is 7.85. The summed E-state index contributed by atoms with van der Waals surface area (Å²) in [7, 11) is -4.06. The van der Waals surface area contributed by atoms with Crippen LogP contribution in [0, 0.1) is 13.8 Å². The fourth-order valence-corrected chi connectivity index (χ4v) is 1.80. The molecule has 0 saturated heterocycles. The van der Waals surface area contributed by atoms with Crippen LogP contribution in [0.5, 0.6) is 0 Å². The fraction of sp³-hybridized carbons (Fsp3) is 0.400. The Morgan fingerprint density at radius 3 is 1.94 bits per heavy atom. The average molecular weight is 248 g/mol. The third-order valence-corrected chi connectivity index (χ3v) is 2.93. The zero-order valence-corrected chi connectivity index (χ0v) is 10.0. The Morgan fingerprint density at radius 2 is 1.62 bits per heavy atom. The molecule has 5 nitrogen and oxygen atoms in total. The Morgan fingerprint density at radius 1 is 1.12 bits per heavy atom. The highest BCUT2D eigenvalue weighted by Crippen LogP contribution is 2.17. The molecule has 0 aliphatic rings. The van der Waals surface area contributed by atoms with Crippen LogP contribution in [0.4, 0.5) is 0 Å². The quantitative estimate of drug-likeness (QED) is 0.663. The van der Waals surface area contributed by atoms with Crippen LogP contribution >= 0.6 is 0 Å². The van der Waals surface area contributed by atoms with Gasteiger partial charge >= 0.3 is 0 Å². The predicted molar refractivity (Wildman–Crippen MR) is 59.9 cm³/mol. The first-order valence-corrected chi connectivity index (χ1v) is 6.04. The summed E-state index contributed by atoms with van der Waals surface area (Å²) in [5, 5.41) is 15.2. The second-order valence-corrected chi connectivity index (χ2v) is 4.51. The molecule has 6 heteroatoms. The summed E-state index contributed by atoms with van der Waals surface area (Å²) < 4.78 is 30.3. The molecular formula is C10H16O5S. The molecule has 0 aliphatic carbocycles. The minimum atomic E-state index is -4.06. The van der Waals surface area contributed by atoms with Gasteiger partial charge < -0.3 is 10.2 Å². The Hall–Kier alpha value is -0.950. The number of hydrogen-bond acceptors (Lipinski definition) is 4. The summed E-state index contributed by atoms with van der Waals surface area (Å²) in [6, 6.07) is 4.78. The molecule has 16 heavy (non-hydrogen) atoms. The van der Waals surface area contributed by atoms with E-state index in [9.17, 15) is 8.42 Å². The van der Waals surface area contributed by atoms with Crippen molar-refractivity contribution in [1.29, 1.82) is 0 Å². The molecule has 0 spiro atoms. The van der Waals surface area contributed by atoms with E-state index in [1.54, 1.807) is 26.0 Å². The summed E-state index contributed by atoms with van der Waals surface area (Å²) in [4.78, 5) is -0.0116. The lowest BCUT2D eigenvalue weighted by atomic mass is 10.1. The molecular weight excluding hydrogens is 232 g/mol. The lowest BCUT2D eigenvalue weighted by molar-refractivity contribution is 0.186. The van der Waals surface area contributed by atoms with Gasteiger partial charge in [-0.15, -0.1) is 0 Å². The van der Waals surface area contributed by atoms with Crippen LogP contribution in [0.15, 0.2) is 23.1 Å². The number of aryl methyl sites for hydroxylation is 1. The van der Waals surface area contributed by atoms with Gasteiger partial charge in [-0.25, -0.2) is 0 Å². The zero-order valence-electron chi connectivity index (χ0n) is 9.21. The summed E-state index contributed by atoms with van der Waals surface area (Å²) in [6.45, 7) is 3.21. The van der Waals surface area contributed by atoms with Gasteiger partial charge in [-0.1, -0.05) is 12.1 Å². The highest BCUT2D eigenvalue weighted by atomic mass is 32.2. The fourth-order valence-electron chi connectivity index (χ4n) is 1.00. The van der Waals surface area contributed by atoms with E-state index in [0.29, 0.717) is 5.56 Å². The van der Waals surface area contributed by atoms with Crippen LogP contribution in [0.3, 0.4) is 0 Å². The minimum absolute atomic E-state index is 0.0116. The van der Waals surface area contributed by atoms with Gasteiger partial charge in [0.25, 0.3) is 10.1 Å². The molecule has 0 heterocycles. The van der Waals surface area contributed by atoms with Crippen LogP contribution in [-0.2, 0) is 10.1 Å². The first-order chi connectivity index (χ1) is 7.34. The molecule has 0 bridgehead atoms. The van der Waals surface area contributed by atoms with Crippen molar-refractivity contribution in [2.45, 2.75) is 18.7 Å². The molecule has 0 radical (unpaired) electrons.